The molecule has 1 N–H and O–H groups in total. The van der Waals surface area contributed by atoms with Crippen molar-refractivity contribution in [3.8, 4) is 11.5 Å². The Labute approximate surface area is 179 Å². The number of hydrogen-bond donors (Lipinski definition) is 1. The van der Waals surface area contributed by atoms with E-state index in [0.717, 1.165) is 58.3 Å². The summed E-state index contributed by atoms with van der Waals surface area (Å²) in [6, 6.07) is 6.00. The Morgan fingerprint density at radius 3 is 2.33 bits per heavy atom. The number of likely N-dealkylation sites (tertiary alicyclic amines) is 2. The first-order valence-corrected chi connectivity index (χ1v) is 11.0. The minimum Gasteiger partial charge on any atom is -0.497 e. The van der Waals surface area contributed by atoms with E-state index in [9.17, 15) is 9.59 Å². The summed E-state index contributed by atoms with van der Waals surface area (Å²) in [4.78, 5) is 28.5. The molecule has 1 aromatic carbocycles. The molecule has 30 heavy (non-hydrogen) atoms. The van der Waals surface area contributed by atoms with Crippen LogP contribution in [0.5, 0.6) is 11.5 Å². The quantitative estimate of drug-likeness (QED) is 0.738. The fraction of sp³-hybridized carbons (Fsp3) is 0.652. The van der Waals surface area contributed by atoms with Crippen molar-refractivity contribution in [1.82, 2.24) is 9.80 Å². The number of carbonyl (C=O) groups excluding carboxylic acids is 2. The van der Waals surface area contributed by atoms with Crippen molar-refractivity contribution in [3.63, 3.8) is 0 Å². The highest BCUT2D eigenvalue weighted by Crippen LogP contribution is 2.30. The smallest absolute Gasteiger partial charge is 0.224 e. The number of nitrogens with zero attached hydrogens (tertiary/aromatic N) is 2. The van der Waals surface area contributed by atoms with Gasteiger partial charge in [-0.05, 0) is 63.2 Å². The first kappa shape index (κ1) is 22.4. The van der Waals surface area contributed by atoms with Crippen LogP contribution in [-0.4, -0.2) is 68.1 Å². The predicted molar refractivity (Wildman–Crippen MR) is 117 cm³/mol. The summed E-state index contributed by atoms with van der Waals surface area (Å²) in [6.07, 6.45) is 5.89. The van der Waals surface area contributed by atoms with Crippen molar-refractivity contribution in [1.29, 1.82) is 0 Å². The largest absolute Gasteiger partial charge is 0.497 e. The molecule has 3 rings (SSSR count). The second-order valence-corrected chi connectivity index (χ2v) is 8.37. The van der Waals surface area contributed by atoms with Gasteiger partial charge >= 0.3 is 0 Å². The molecular formula is C23H35N3O4. The third-order valence-corrected chi connectivity index (χ3v) is 6.54. The highest BCUT2D eigenvalue weighted by atomic mass is 16.5. The van der Waals surface area contributed by atoms with Crippen LogP contribution in [0.1, 0.15) is 45.4 Å². The molecule has 2 saturated heterocycles. The Balaban J connectivity index is 1.39. The monoisotopic (exact) mass is 417 g/mol. The minimum absolute atomic E-state index is 0.0255. The number of amides is 2. The normalized spacial score (nSPS) is 18.8. The second kappa shape index (κ2) is 10.7. The maximum absolute atomic E-state index is 12.4. The molecule has 1 aromatic rings. The van der Waals surface area contributed by atoms with E-state index in [1.54, 1.807) is 27.2 Å². The zero-order chi connectivity index (χ0) is 21.5. The van der Waals surface area contributed by atoms with Gasteiger partial charge in [-0.15, -0.1) is 0 Å². The van der Waals surface area contributed by atoms with E-state index in [1.165, 1.54) is 0 Å². The molecule has 0 unspecified atom stereocenters. The molecule has 7 nitrogen and oxygen atoms in total. The van der Waals surface area contributed by atoms with Gasteiger partial charge in [0.25, 0.3) is 0 Å². The molecule has 0 spiro atoms. The van der Waals surface area contributed by atoms with E-state index in [2.05, 4.69) is 10.2 Å². The molecule has 0 bridgehead atoms. The fourth-order valence-electron chi connectivity index (χ4n) is 4.60. The van der Waals surface area contributed by atoms with Crippen LogP contribution in [0.15, 0.2) is 18.2 Å². The summed E-state index contributed by atoms with van der Waals surface area (Å²) in [6.45, 7) is 5.63. The molecule has 0 atom stereocenters. The molecule has 0 saturated carbocycles. The van der Waals surface area contributed by atoms with E-state index in [0.29, 0.717) is 35.6 Å². The highest BCUT2D eigenvalue weighted by molar-refractivity contribution is 5.92. The number of anilines is 1. The molecule has 2 heterocycles. The van der Waals surface area contributed by atoms with Crippen LogP contribution in [0.4, 0.5) is 5.69 Å². The summed E-state index contributed by atoms with van der Waals surface area (Å²) in [5.74, 6) is 2.12. The van der Waals surface area contributed by atoms with Gasteiger partial charge < -0.3 is 24.6 Å². The van der Waals surface area contributed by atoms with E-state index in [-0.39, 0.29) is 11.8 Å². The van der Waals surface area contributed by atoms with Gasteiger partial charge in [-0.25, -0.2) is 0 Å². The van der Waals surface area contributed by atoms with Crippen LogP contribution in [0, 0.1) is 5.92 Å². The molecule has 2 aliphatic rings. The lowest BCUT2D eigenvalue weighted by molar-refractivity contribution is -0.130. The maximum atomic E-state index is 12.4. The Bertz CT molecular complexity index is 723. The van der Waals surface area contributed by atoms with Gasteiger partial charge in [0.2, 0.25) is 11.8 Å². The van der Waals surface area contributed by atoms with E-state index in [4.69, 9.17) is 9.47 Å². The molecule has 7 heteroatoms. The lowest BCUT2D eigenvalue weighted by atomic mass is 9.90. The van der Waals surface area contributed by atoms with Crippen molar-refractivity contribution in [2.45, 2.75) is 51.5 Å². The highest BCUT2D eigenvalue weighted by Gasteiger charge is 2.29. The summed E-state index contributed by atoms with van der Waals surface area (Å²) >= 11 is 0. The predicted octanol–water partition coefficient (Wildman–Crippen LogP) is 3.15. The van der Waals surface area contributed by atoms with Gasteiger partial charge in [-0.3, -0.25) is 9.59 Å². The summed E-state index contributed by atoms with van der Waals surface area (Å²) in [7, 11) is 3.19. The fourth-order valence-corrected chi connectivity index (χ4v) is 4.60. The number of rotatable bonds is 7. The number of ether oxygens (including phenoxy) is 2. The molecule has 2 amide bonds. The minimum atomic E-state index is 0.0255. The van der Waals surface area contributed by atoms with E-state index in [1.807, 2.05) is 17.0 Å². The van der Waals surface area contributed by atoms with Crippen molar-refractivity contribution < 1.29 is 19.1 Å². The zero-order valence-electron chi connectivity index (χ0n) is 18.5. The van der Waals surface area contributed by atoms with Crippen molar-refractivity contribution in [2.24, 2.45) is 5.92 Å². The van der Waals surface area contributed by atoms with Gasteiger partial charge in [0.1, 0.15) is 11.5 Å². The number of carbonyl (C=O) groups is 2. The van der Waals surface area contributed by atoms with Crippen LogP contribution < -0.4 is 14.8 Å². The number of methoxy groups -OCH3 is 2. The van der Waals surface area contributed by atoms with Crippen LogP contribution in [0.3, 0.4) is 0 Å². The second-order valence-electron chi connectivity index (χ2n) is 8.37. The van der Waals surface area contributed by atoms with Gasteiger partial charge in [0.15, 0.2) is 0 Å². The third-order valence-electron chi connectivity index (χ3n) is 6.54. The third kappa shape index (κ3) is 5.88. The Kier molecular flexibility index (Phi) is 7.96. The average molecular weight is 418 g/mol. The lowest BCUT2D eigenvalue weighted by Crippen LogP contribution is -2.48. The maximum Gasteiger partial charge on any atom is 0.224 e. The lowest BCUT2D eigenvalue weighted by Gasteiger charge is -2.41. The molecule has 166 valence electrons. The van der Waals surface area contributed by atoms with Crippen molar-refractivity contribution in [2.75, 3.05) is 45.7 Å². The van der Waals surface area contributed by atoms with Crippen LogP contribution >= 0.6 is 0 Å². The van der Waals surface area contributed by atoms with Gasteiger partial charge in [-0.2, -0.15) is 0 Å². The zero-order valence-corrected chi connectivity index (χ0v) is 18.5. The molecule has 0 aliphatic carbocycles. The van der Waals surface area contributed by atoms with Gasteiger partial charge in [0, 0.05) is 38.5 Å². The van der Waals surface area contributed by atoms with Crippen molar-refractivity contribution >= 4 is 17.5 Å². The van der Waals surface area contributed by atoms with Crippen LogP contribution in [-0.2, 0) is 9.59 Å². The van der Waals surface area contributed by atoms with Crippen LogP contribution in [0.2, 0.25) is 0 Å². The van der Waals surface area contributed by atoms with E-state index >= 15 is 0 Å². The number of nitrogens with one attached hydrogen (secondary N) is 1. The van der Waals surface area contributed by atoms with Crippen molar-refractivity contribution in [3.05, 3.63) is 18.2 Å². The molecule has 0 aromatic heterocycles. The standard InChI is InChI=1S/C23H35N3O4/c1-17(27)25-14-10-19(11-15-25)26-12-8-18(9-13-26)4-7-23(28)24-21-6-5-20(29-2)16-22(21)30-3/h5-6,16,18-19H,4,7-15H2,1-3H3,(H,24,28). The Morgan fingerprint density at radius 2 is 1.73 bits per heavy atom. The topological polar surface area (TPSA) is 71.1 Å². The number of hydrogen-bond acceptors (Lipinski definition) is 5. The molecule has 2 fully saturated rings. The van der Waals surface area contributed by atoms with Crippen LogP contribution in [0.25, 0.3) is 0 Å². The number of piperidine rings is 2. The van der Waals surface area contributed by atoms with E-state index < -0.39 is 0 Å². The molecule has 2 aliphatic heterocycles. The molecule has 0 radical (unpaired) electrons. The summed E-state index contributed by atoms with van der Waals surface area (Å²) < 4.78 is 10.5. The van der Waals surface area contributed by atoms with Gasteiger partial charge in [-0.1, -0.05) is 0 Å². The molecular weight excluding hydrogens is 382 g/mol. The Hall–Kier alpha value is -2.28. The number of benzene rings is 1. The summed E-state index contributed by atoms with van der Waals surface area (Å²) in [5, 5.41) is 2.96. The summed E-state index contributed by atoms with van der Waals surface area (Å²) in [5.41, 5.74) is 0.676. The average Bonchev–Trinajstić information content (AvgIpc) is 2.78. The first-order chi connectivity index (χ1) is 14.5. The van der Waals surface area contributed by atoms with Gasteiger partial charge in [0.05, 0.1) is 19.9 Å². The Morgan fingerprint density at radius 1 is 1.03 bits per heavy atom. The first-order valence-electron chi connectivity index (χ1n) is 11.0. The SMILES string of the molecule is COc1ccc(NC(=O)CCC2CCN(C3CCN(C(C)=O)CC3)CC2)c(OC)c1.